The van der Waals surface area contributed by atoms with E-state index in [9.17, 15) is 4.79 Å². The maximum absolute atomic E-state index is 11.6. The predicted octanol–water partition coefficient (Wildman–Crippen LogP) is 3.83. The Morgan fingerprint density at radius 1 is 1.10 bits per heavy atom. The van der Waals surface area contributed by atoms with E-state index in [2.05, 4.69) is 35.2 Å². The molecule has 2 aromatic rings. The number of methoxy groups -OCH3 is 1. The minimum Gasteiger partial charge on any atom is -0.497 e. The lowest BCUT2D eigenvalue weighted by molar-refractivity contribution is -0.130. The molecule has 1 atom stereocenters. The highest BCUT2D eigenvalue weighted by Crippen LogP contribution is 2.35. The number of hydrogen-bond donors (Lipinski definition) is 0. The molecule has 5 nitrogen and oxygen atoms in total. The quantitative estimate of drug-likeness (QED) is 0.775. The van der Waals surface area contributed by atoms with Gasteiger partial charge >= 0.3 is 0 Å². The van der Waals surface area contributed by atoms with Crippen molar-refractivity contribution in [3.63, 3.8) is 0 Å². The van der Waals surface area contributed by atoms with E-state index in [0.717, 1.165) is 50.3 Å². The highest BCUT2D eigenvalue weighted by molar-refractivity contribution is 5.73. The fourth-order valence-electron chi connectivity index (χ4n) is 4.83. The zero-order valence-corrected chi connectivity index (χ0v) is 17.5. The van der Waals surface area contributed by atoms with Crippen molar-refractivity contribution in [1.82, 2.24) is 14.8 Å². The van der Waals surface area contributed by atoms with Crippen LogP contribution in [0.2, 0.25) is 0 Å². The largest absolute Gasteiger partial charge is 0.497 e. The minimum absolute atomic E-state index is 0.202. The highest BCUT2D eigenvalue weighted by Gasteiger charge is 2.34. The van der Waals surface area contributed by atoms with Crippen LogP contribution in [0.15, 0.2) is 42.5 Å². The first kappa shape index (κ1) is 19.9. The van der Waals surface area contributed by atoms with Gasteiger partial charge in [-0.05, 0) is 62.1 Å². The molecular weight excluding hydrogens is 362 g/mol. The predicted molar refractivity (Wildman–Crippen MR) is 114 cm³/mol. The Balaban J connectivity index is 1.46. The molecule has 0 unspecified atom stereocenters. The second kappa shape index (κ2) is 8.95. The second-order valence-electron chi connectivity index (χ2n) is 8.22. The number of rotatable bonds is 5. The second-order valence-corrected chi connectivity index (χ2v) is 8.22. The number of benzene rings is 1. The molecule has 2 aliphatic rings. The van der Waals surface area contributed by atoms with Crippen LogP contribution in [0.25, 0.3) is 0 Å². The molecule has 2 fully saturated rings. The van der Waals surface area contributed by atoms with Gasteiger partial charge < -0.3 is 9.64 Å². The van der Waals surface area contributed by atoms with E-state index in [-0.39, 0.29) is 5.91 Å². The van der Waals surface area contributed by atoms with Gasteiger partial charge in [-0.3, -0.25) is 14.7 Å². The van der Waals surface area contributed by atoms with Crippen molar-refractivity contribution in [2.45, 2.75) is 51.1 Å². The summed E-state index contributed by atoms with van der Waals surface area (Å²) < 4.78 is 5.35. The van der Waals surface area contributed by atoms with Gasteiger partial charge in [-0.1, -0.05) is 18.2 Å². The Hall–Kier alpha value is -2.40. The molecule has 5 heteroatoms. The van der Waals surface area contributed by atoms with Crippen LogP contribution in [0.5, 0.6) is 5.75 Å². The lowest BCUT2D eigenvalue weighted by Gasteiger charge is -2.39. The molecule has 1 aromatic heterocycles. The maximum Gasteiger partial charge on any atom is 0.219 e. The third-order valence-electron chi connectivity index (χ3n) is 6.36. The number of nitrogens with zero attached hydrogens (tertiary/aromatic N) is 3. The molecule has 0 aliphatic carbocycles. The number of ether oxygens (including phenoxy) is 1. The average molecular weight is 394 g/mol. The topological polar surface area (TPSA) is 45.7 Å². The Kier molecular flexibility index (Phi) is 6.14. The Morgan fingerprint density at radius 3 is 2.66 bits per heavy atom. The van der Waals surface area contributed by atoms with E-state index in [4.69, 9.17) is 9.72 Å². The molecule has 2 saturated heterocycles. The van der Waals surface area contributed by atoms with Crippen LogP contribution in [0.3, 0.4) is 0 Å². The monoisotopic (exact) mass is 393 g/mol. The van der Waals surface area contributed by atoms with E-state index in [1.54, 1.807) is 14.0 Å². The van der Waals surface area contributed by atoms with Gasteiger partial charge in [-0.2, -0.15) is 0 Å². The molecule has 29 heavy (non-hydrogen) atoms. The third-order valence-corrected chi connectivity index (χ3v) is 6.36. The van der Waals surface area contributed by atoms with E-state index >= 15 is 0 Å². The fraction of sp³-hybridized carbons (Fsp3) is 0.500. The van der Waals surface area contributed by atoms with Crippen LogP contribution in [0.4, 0.5) is 0 Å². The molecule has 0 bridgehead atoms. The standard InChI is InChI=1S/C24H31N3O2/c1-18(28)26-14-11-21(12-15-26)27-13-5-10-24(27)23-9-4-7-20(25-23)16-19-6-3-8-22(17-19)29-2/h3-4,6-9,17,21,24H,5,10-16H2,1-2H3/t24-/m0/s1. The summed E-state index contributed by atoms with van der Waals surface area (Å²) in [6.07, 6.45) is 5.34. The molecule has 0 N–H and O–H groups in total. The summed E-state index contributed by atoms with van der Waals surface area (Å²) in [5.41, 5.74) is 3.51. The molecule has 1 amide bonds. The van der Waals surface area contributed by atoms with Gasteiger partial charge in [0.1, 0.15) is 5.75 Å². The zero-order valence-electron chi connectivity index (χ0n) is 17.5. The first-order chi connectivity index (χ1) is 14.1. The van der Waals surface area contributed by atoms with Crippen LogP contribution in [0.1, 0.15) is 55.6 Å². The normalized spacial score (nSPS) is 20.8. The number of pyridine rings is 1. The van der Waals surface area contributed by atoms with Crippen molar-refractivity contribution in [2.24, 2.45) is 0 Å². The summed E-state index contributed by atoms with van der Waals surface area (Å²) >= 11 is 0. The van der Waals surface area contributed by atoms with Crippen LogP contribution < -0.4 is 4.74 Å². The van der Waals surface area contributed by atoms with Gasteiger partial charge in [0.25, 0.3) is 0 Å². The van der Waals surface area contributed by atoms with E-state index in [1.165, 1.54) is 24.1 Å². The van der Waals surface area contributed by atoms with Crippen LogP contribution in [-0.4, -0.2) is 53.5 Å². The van der Waals surface area contributed by atoms with Crippen molar-refractivity contribution in [1.29, 1.82) is 0 Å². The Bertz CT molecular complexity index is 846. The number of aromatic nitrogens is 1. The van der Waals surface area contributed by atoms with Crippen molar-refractivity contribution >= 4 is 5.91 Å². The SMILES string of the molecule is COc1cccc(Cc2cccc([C@@H]3CCCN3C3CCN(C(C)=O)CC3)n2)c1. The van der Waals surface area contributed by atoms with Gasteiger partial charge in [0.2, 0.25) is 5.91 Å². The maximum atomic E-state index is 11.6. The minimum atomic E-state index is 0.202. The summed E-state index contributed by atoms with van der Waals surface area (Å²) in [5, 5.41) is 0. The van der Waals surface area contributed by atoms with Gasteiger partial charge in [-0.15, -0.1) is 0 Å². The Morgan fingerprint density at radius 2 is 1.90 bits per heavy atom. The molecule has 2 aliphatic heterocycles. The van der Waals surface area contributed by atoms with Gasteiger partial charge in [0.15, 0.2) is 0 Å². The molecule has 154 valence electrons. The van der Waals surface area contributed by atoms with Crippen LogP contribution in [-0.2, 0) is 11.2 Å². The van der Waals surface area contributed by atoms with E-state index < -0.39 is 0 Å². The number of likely N-dealkylation sites (tertiary alicyclic amines) is 2. The summed E-state index contributed by atoms with van der Waals surface area (Å²) in [7, 11) is 1.70. The Labute approximate surface area is 173 Å². The smallest absolute Gasteiger partial charge is 0.219 e. The average Bonchev–Trinajstić information content (AvgIpc) is 3.24. The summed E-state index contributed by atoms with van der Waals surface area (Å²) in [4.78, 5) is 21.3. The third kappa shape index (κ3) is 4.61. The lowest BCUT2D eigenvalue weighted by Crippen LogP contribution is -2.46. The molecule has 0 radical (unpaired) electrons. The zero-order chi connectivity index (χ0) is 20.2. The number of carbonyl (C=O) groups is 1. The first-order valence-electron chi connectivity index (χ1n) is 10.7. The van der Waals surface area contributed by atoms with Gasteiger partial charge in [0, 0.05) is 38.2 Å². The number of hydrogen-bond acceptors (Lipinski definition) is 4. The van der Waals surface area contributed by atoms with Crippen molar-refractivity contribution in [3.05, 3.63) is 59.4 Å². The number of amides is 1. The van der Waals surface area contributed by atoms with Crippen molar-refractivity contribution < 1.29 is 9.53 Å². The van der Waals surface area contributed by atoms with Gasteiger partial charge in [0.05, 0.1) is 18.8 Å². The molecule has 1 aromatic carbocycles. The number of carbonyl (C=O) groups excluding carboxylic acids is 1. The van der Waals surface area contributed by atoms with Crippen molar-refractivity contribution in [3.8, 4) is 5.75 Å². The fourth-order valence-corrected chi connectivity index (χ4v) is 4.83. The molecule has 0 spiro atoms. The summed E-state index contributed by atoms with van der Waals surface area (Å²) in [6.45, 7) is 4.58. The molecule has 3 heterocycles. The first-order valence-corrected chi connectivity index (χ1v) is 10.7. The molecule has 4 rings (SSSR count). The highest BCUT2D eigenvalue weighted by atomic mass is 16.5. The van der Waals surface area contributed by atoms with Gasteiger partial charge in [-0.25, -0.2) is 0 Å². The van der Waals surface area contributed by atoms with Crippen LogP contribution in [0, 0.1) is 0 Å². The van der Waals surface area contributed by atoms with E-state index in [1.807, 2.05) is 17.0 Å². The summed E-state index contributed by atoms with van der Waals surface area (Å²) in [5.74, 6) is 1.09. The van der Waals surface area contributed by atoms with E-state index in [0.29, 0.717) is 12.1 Å². The number of piperidine rings is 1. The van der Waals surface area contributed by atoms with Crippen molar-refractivity contribution in [2.75, 3.05) is 26.7 Å². The molecular formula is C24H31N3O2. The lowest BCUT2D eigenvalue weighted by atomic mass is 10.0. The summed E-state index contributed by atoms with van der Waals surface area (Å²) in [6, 6.07) is 15.6. The molecule has 0 saturated carbocycles. The van der Waals surface area contributed by atoms with Crippen LogP contribution >= 0.6 is 0 Å².